The van der Waals surface area contributed by atoms with Gasteiger partial charge in [-0.1, -0.05) is 0 Å². The zero-order valence-electron chi connectivity index (χ0n) is 12.6. The first-order valence-electron chi connectivity index (χ1n) is 8.35. The molecule has 0 unspecified atom stereocenters. The Morgan fingerprint density at radius 3 is 2.74 bits per heavy atom. The Balaban J connectivity index is 1.69. The van der Waals surface area contributed by atoms with Gasteiger partial charge in [0.2, 0.25) is 6.79 Å². The van der Waals surface area contributed by atoms with Gasteiger partial charge in [-0.3, -0.25) is 4.90 Å². The van der Waals surface area contributed by atoms with Crippen molar-refractivity contribution in [3.63, 3.8) is 0 Å². The molecule has 2 saturated heterocycles. The van der Waals surface area contributed by atoms with E-state index in [2.05, 4.69) is 4.90 Å². The highest BCUT2D eigenvalue weighted by molar-refractivity contribution is 5.58. The molecule has 3 fully saturated rings. The van der Waals surface area contributed by atoms with Crippen LogP contribution >= 0.6 is 0 Å². The maximum Gasteiger partial charge on any atom is 0.231 e. The van der Waals surface area contributed by atoms with Crippen LogP contribution < -0.4 is 9.47 Å². The lowest BCUT2D eigenvalue weighted by atomic mass is 9.64. The molecule has 3 aliphatic heterocycles. The summed E-state index contributed by atoms with van der Waals surface area (Å²) < 4.78 is 11.0. The van der Waals surface area contributed by atoms with Gasteiger partial charge in [-0.2, -0.15) is 0 Å². The van der Waals surface area contributed by atoms with Gasteiger partial charge < -0.3 is 24.8 Å². The molecular weight excluding hydrogens is 298 g/mol. The van der Waals surface area contributed by atoms with E-state index in [1.165, 1.54) is 0 Å². The molecular formula is C17H19NO5. The maximum atomic E-state index is 11.6. The van der Waals surface area contributed by atoms with Crippen LogP contribution in [0.3, 0.4) is 0 Å². The van der Waals surface area contributed by atoms with Crippen LogP contribution in [-0.4, -0.2) is 57.8 Å². The van der Waals surface area contributed by atoms with Crippen molar-refractivity contribution in [2.24, 2.45) is 5.92 Å². The van der Waals surface area contributed by atoms with Gasteiger partial charge in [-0.25, -0.2) is 0 Å². The van der Waals surface area contributed by atoms with E-state index in [-0.39, 0.29) is 24.2 Å². The predicted molar refractivity (Wildman–Crippen MR) is 78.2 cm³/mol. The molecule has 0 aromatic heterocycles. The number of benzene rings is 1. The topological polar surface area (TPSA) is 82.4 Å². The second-order valence-corrected chi connectivity index (χ2v) is 7.67. The third-order valence-electron chi connectivity index (χ3n) is 7.00. The van der Waals surface area contributed by atoms with Crippen molar-refractivity contribution in [2.45, 2.75) is 42.1 Å². The van der Waals surface area contributed by atoms with Gasteiger partial charge in [0.25, 0.3) is 0 Å². The van der Waals surface area contributed by atoms with E-state index < -0.39 is 17.8 Å². The Labute approximate surface area is 133 Å². The molecule has 23 heavy (non-hydrogen) atoms. The summed E-state index contributed by atoms with van der Waals surface area (Å²) in [5.74, 6) is 0.783. The molecule has 6 heteroatoms. The first-order chi connectivity index (χ1) is 11.1. The van der Waals surface area contributed by atoms with Crippen LogP contribution in [0.2, 0.25) is 0 Å². The first kappa shape index (κ1) is 13.0. The number of hydrogen-bond donors (Lipinski definition) is 3. The highest BCUT2D eigenvalue weighted by Crippen LogP contribution is 2.69. The fourth-order valence-electron chi connectivity index (χ4n) is 6.41. The van der Waals surface area contributed by atoms with E-state index >= 15 is 0 Å². The smallest absolute Gasteiger partial charge is 0.231 e. The van der Waals surface area contributed by atoms with E-state index in [9.17, 15) is 15.3 Å². The molecule has 4 bridgehead atoms. The summed E-state index contributed by atoms with van der Waals surface area (Å²) in [7, 11) is 0. The molecule has 1 saturated carbocycles. The minimum atomic E-state index is -1.13. The Kier molecular flexibility index (Phi) is 2.07. The van der Waals surface area contributed by atoms with E-state index in [1.807, 2.05) is 12.1 Å². The van der Waals surface area contributed by atoms with Crippen LogP contribution in [0.1, 0.15) is 29.9 Å². The van der Waals surface area contributed by atoms with E-state index in [4.69, 9.17) is 9.47 Å². The van der Waals surface area contributed by atoms with Crippen molar-refractivity contribution >= 4 is 0 Å². The molecule has 1 spiro atoms. The number of aliphatic hydroxyl groups excluding tert-OH is 2. The molecule has 6 nitrogen and oxygen atoms in total. The van der Waals surface area contributed by atoms with Crippen LogP contribution in [0.5, 0.6) is 11.5 Å². The molecule has 5 aliphatic rings. The average molecular weight is 317 g/mol. The summed E-state index contributed by atoms with van der Waals surface area (Å²) in [6, 6.07) is 3.77. The van der Waals surface area contributed by atoms with Gasteiger partial charge in [0.1, 0.15) is 5.60 Å². The van der Waals surface area contributed by atoms with Crippen molar-refractivity contribution in [1.82, 2.24) is 4.90 Å². The minimum Gasteiger partial charge on any atom is -0.454 e. The van der Waals surface area contributed by atoms with Crippen LogP contribution in [0.25, 0.3) is 0 Å². The lowest BCUT2D eigenvalue weighted by Crippen LogP contribution is -2.51. The minimum absolute atomic E-state index is 0.183. The molecule has 3 N–H and O–H groups in total. The molecule has 6 atom stereocenters. The summed E-state index contributed by atoms with van der Waals surface area (Å²) in [6.07, 6.45) is 0.195. The summed E-state index contributed by atoms with van der Waals surface area (Å²) >= 11 is 0. The van der Waals surface area contributed by atoms with Gasteiger partial charge in [0, 0.05) is 23.9 Å². The fraction of sp³-hybridized carbons (Fsp3) is 0.647. The summed E-state index contributed by atoms with van der Waals surface area (Å²) in [5.41, 5.74) is 0.257. The first-order valence-corrected chi connectivity index (χ1v) is 8.35. The van der Waals surface area contributed by atoms with Crippen molar-refractivity contribution in [3.05, 3.63) is 23.3 Å². The second kappa shape index (κ2) is 3.67. The average Bonchev–Trinajstić information content (AvgIpc) is 3.19. The lowest BCUT2D eigenvalue weighted by Gasteiger charge is -2.44. The zero-order valence-corrected chi connectivity index (χ0v) is 12.6. The lowest BCUT2D eigenvalue weighted by molar-refractivity contribution is -0.0707. The number of hydrogen-bond acceptors (Lipinski definition) is 6. The van der Waals surface area contributed by atoms with Crippen molar-refractivity contribution < 1.29 is 24.8 Å². The predicted octanol–water partition coefficient (Wildman–Crippen LogP) is -0.100. The number of aliphatic hydroxyl groups is 3. The third kappa shape index (κ3) is 1.16. The van der Waals surface area contributed by atoms with Gasteiger partial charge in [-0.15, -0.1) is 0 Å². The van der Waals surface area contributed by atoms with Crippen LogP contribution in [0.15, 0.2) is 12.1 Å². The van der Waals surface area contributed by atoms with Crippen molar-refractivity contribution in [2.75, 3.05) is 19.9 Å². The van der Waals surface area contributed by atoms with E-state index in [0.717, 1.165) is 30.5 Å². The van der Waals surface area contributed by atoms with Crippen LogP contribution in [0, 0.1) is 5.92 Å². The third-order valence-corrected chi connectivity index (χ3v) is 7.00. The SMILES string of the molecule is O[C@@H]1[C@H](O)[C@H]2[C@]34CCCN3C[C@@]2(O)c2cc3c(cc2[C@@H]14)OCO3. The largest absolute Gasteiger partial charge is 0.454 e. The Bertz CT molecular complexity index is 738. The van der Waals surface area contributed by atoms with Gasteiger partial charge in [0.15, 0.2) is 11.5 Å². The number of fused-ring (bicyclic) bond motifs is 4. The highest BCUT2D eigenvalue weighted by Gasteiger charge is 2.77. The Hall–Kier alpha value is -1.34. The highest BCUT2D eigenvalue weighted by atomic mass is 16.7. The monoisotopic (exact) mass is 317 g/mol. The molecule has 122 valence electrons. The standard InChI is InChI=1S/C17H19NO5/c19-13-12-8-4-10-11(23-7-22-10)5-9(8)17(21)6-18-3-1-2-16(12,18)15(17)14(13)20/h4-5,12-15,19-21H,1-3,6-7H2/t12-,13-,14-,15-,16+,17+/m0/s1. The fourth-order valence-corrected chi connectivity index (χ4v) is 6.41. The molecule has 3 heterocycles. The molecule has 2 aliphatic carbocycles. The summed E-state index contributed by atoms with van der Waals surface area (Å²) in [4.78, 5) is 2.30. The van der Waals surface area contributed by atoms with Crippen molar-refractivity contribution in [3.8, 4) is 11.5 Å². The molecule has 1 aromatic rings. The maximum absolute atomic E-state index is 11.6. The number of nitrogens with zero attached hydrogens (tertiary/aromatic N) is 1. The van der Waals surface area contributed by atoms with Crippen LogP contribution in [0.4, 0.5) is 0 Å². The number of ether oxygens (including phenoxy) is 2. The molecule has 0 radical (unpaired) electrons. The van der Waals surface area contributed by atoms with E-state index in [0.29, 0.717) is 18.0 Å². The molecule has 6 rings (SSSR count). The van der Waals surface area contributed by atoms with Gasteiger partial charge >= 0.3 is 0 Å². The van der Waals surface area contributed by atoms with Gasteiger partial charge in [-0.05, 0) is 42.6 Å². The normalized spacial score (nSPS) is 48.7. The number of β-amino-alcohol motifs (C(OH)–C–C–N with tert-alkyl or cyclic N) is 1. The quantitative estimate of drug-likeness (QED) is 0.620. The Morgan fingerprint density at radius 1 is 1.13 bits per heavy atom. The molecule has 1 aromatic carbocycles. The Morgan fingerprint density at radius 2 is 1.91 bits per heavy atom. The van der Waals surface area contributed by atoms with Crippen LogP contribution in [-0.2, 0) is 5.60 Å². The second-order valence-electron chi connectivity index (χ2n) is 7.67. The summed E-state index contributed by atoms with van der Waals surface area (Å²) in [6.45, 7) is 1.62. The van der Waals surface area contributed by atoms with Gasteiger partial charge in [0.05, 0.1) is 12.2 Å². The zero-order chi connectivity index (χ0) is 15.6. The van der Waals surface area contributed by atoms with E-state index in [1.54, 1.807) is 0 Å². The molecule has 0 amide bonds. The summed E-state index contributed by atoms with van der Waals surface area (Å²) in [5, 5.41) is 33.1. The van der Waals surface area contributed by atoms with Crippen molar-refractivity contribution in [1.29, 1.82) is 0 Å². The number of rotatable bonds is 0.